The monoisotopic (exact) mass is 184 g/mol. The van der Waals surface area contributed by atoms with Crippen LogP contribution in [0.15, 0.2) is 0 Å². The van der Waals surface area contributed by atoms with Crippen molar-refractivity contribution in [3.05, 3.63) is 0 Å². The highest BCUT2D eigenvalue weighted by atomic mass is 16.2. The minimum atomic E-state index is 0.0552. The molecule has 0 aromatic carbocycles. The van der Waals surface area contributed by atoms with Gasteiger partial charge in [-0.2, -0.15) is 0 Å². The number of urea groups is 1. The molecule has 3 heteroatoms. The van der Waals surface area contributed by atoms with Gasteiger partial charge in [0.2, 0.25) is 0 Å². The van der Waals surface area contributed by atoms with E-state index in [1.165, 1.54) is 6.42 Å². The summed E-state index contributed by atoms with van der Waals surface area (Å²) in [4.78, 5) is 13.3. The third kappa shape index (κ3) is 2.61. The number of carbonyl (C=O) groups is 1. The molecule has 2 amide bonds. The SMILES string of the molecule is CNC(=O)N1CC(C)CC(C)(C)C1. The first-order valence-electron chi connectivity index (χ1n) is 4.91. The van der Waals surface area contributed by atoms with Gasteiger partial charge in [0, 0.05) is 20.1 Å². The number of nitrogens with zero attached hydrogens (tertiary/aromatic N) is 1. The molecule has 1 aliphatic heterocycles. The maximum Gasteiger partial charge on any atom is 0.317 e. The second kappa shape index (κ2) is 3.56. The average Bonchev–Trinajstić information content (AvgIpc) is 1.99. The Hall–Kier alpha value is -0.730. The van der Waals surface area contributed by atoms with Crippen LogP contribution in [0.25, 0.3) is 0 Å². The lowest BCUT2D eigenvalue weighted by Gasteiger charge is -2.41. The van der Waals surface area contributed by atoms with Crippen LogP contribution < -0.4 is 5.32 Å². The first kappa shape index (κ1) is 10.4. The molecule has 0 saturated carbocycles. The second-order valence-electron chi connectivity index (χ2n) is 4.91. The van der Waals surface area contributed by atoms with E-state index in [9.17, 15) is 4.79 Å². The molecule has 1 rings (SSSR count). The Bertz CT molecular complexity index is 201. The molecule has 1 heterocycles. The van der Waals surface area contributed by atoms with E-state index in [4.69, 9.17) is 0 Å². The lowest BCUT2D eigenvalue weighted by atomic mass is 9.79. The van der Waals surface area contributed by atoms with E-state index in [2.05, 4.69) is 26.1 Å². The zero-order valence-corrected chi connectivity index (χ0v) is 9.05. The Labute approximate surface area is 80.5 Å². The van der Waals surface area contributed by atoms with Crippen molar-refractivity contribution < 1.29 is 4.79 Å². The Balaban J connectivity index is 2.62. The molecule has 76 valence electrons. The summed E-state index contributed by atoms with van der Waals surface area (Å²) < 4.78 is 0. The van der Waals surface area contributed by atoms with Crippen molar-refractivity contribution in [1.82, 2.24) is 10.2 Å². The predicted octanol–water partition coefficient (Wildman–Crippen LogP) is 1.69. The van der Waals surface area contributed by atoms with Gasteiger partial charge in [-0.05, 0) is 17.8 Å². The lowest BCUT2D eigenvalue weighted by Crippen LogP contribution is -2.49. The molecule has 13 heavy (non-hydrogen) atoms. The molecule has 0 spiro atoms. The molecule has 1 aliphatic rings. The van der Waals surface area contributed by atoms with Crippen LogP contribution in [0.2, 0.25) is 0 Å². The van der Waals surface area contributed by atoms with Gasteiger partial charge < -0.3 is 10.2 Å². The standard InChI is InChI=1S/C10H20N2O/c1-8-5-10(2,3)7-12(6-8)9(13)11-4/h8H,5-7H2,1-4H3,(H,11,13). The van der Waals surface area contributed by atoms with Gasteiger partial charge in [-0.1, -0.05) is 20.8 Å². The highest BCUT2D eigenvalue weighted by Gasteiger charge is 2.32. The first-order chi connectivity index (χ1) is 5.94. The Morgan fingerprint density at radius 1 is 1.54 bits per heavy atom. The summed E-state index contributed by atoms with van der Waals surface area (Å²) >= 11 is 0. The molecule has 1 saturated heterocycles. The van der Waals surface area contributed by atoms with Gasteiger partial charge in [-0.25, -0.2) is 4.79 Å². The fourth-order valence-corrected chi connectivity index (χ4v) is 2.34. The minimum Gasteiger partial charge on any atom is -0.341 e. The van der Waals surface area contributed by atoms with Crippen molar-refractivity contribution >= 4 is 6.03 Å². The number of hydrogen-bond acceptors (Lipinski definition) is 1. The third-order valence-electron chi connectivity index (χ3n) is 2.55. The van der Waals surface area contributed by atoms with Crippen LogP contribution in [0.1, 0.15) is 27.2 Å². The number of piperidine rings is 1. The van der Waals surface area contributed by atoms with Crippen LogP contribution in [-0.2, 0) is 0 Å². The van der Waals surface area contributed by atoms with Gasteiger partial charge in [-0.15, -0.1) is 0 Å². The fourth-order valence-electron chi connectivity index (χ4n) is 2.34. The average molecular weight is 184 g/mol. The summed E-state index contributed by atoms with van der Waals surface area (Å²) in [7, 11) is 1.69. The van der Waals surface area contributed by atoms with E-state index < -0.39 is 0 Å². The van der Waals surface area contributed by atoms with Crippen LogP contribution in [0.3, 0.4) is 0 Å². The third-order valence-corrected chi connectivity index (χ3v) is 2.55. The van der Waals surface area contributed by atoms with Gasteiger partial charge in [0.05, 0.1) is 0 Å². The summed E-state index contributed by atoms with van der Waals surface area (Å²) in [6, 6.07) is 0.0552. The molecule has 0 radical (unpaired) electrons. The van der Waals surface area contributed by atoms with Crippen molar-refractivity contribution in [1.29, 1.82) is 0 Å². The number of amides is 2. The lowest BCUT2D eigenvalue weighted by molar-refractivity contribution is 0.0992. The maximum absolute atomic E-state index is 11.4. The van der Waals surface area contributed by atoms with Crippen molar-refractivity contribution in [3.63, 3.8) is 0 Å². The van der Waals surface area contributed by atoms with Crippen LogP contribution in [0, 0.1) is 11.3 Å². The topological polar surface area (TPSA) is 32.3 Å². The largest absolute Gasteiger partial charge is 0.341 e. The highest BCUT2D eigenvalue weighted by Crippen LogP contribution is 2.31. The number of likely N-dealkylation sites (tertiary alicyclic amines) is 1. The molecule has 3 nitrogen and oxygen atoms in total. The summed E-state index contributed by atoms with van der Waals surface area (Å²) in [6.45, 7) is 8.41. The molecule has 1 atom stereocenters. The van der Waals surface area contributed by atoms with E-state index in [1.54, 1.807) is 7.05 Å². The van der Waals surface area contributed by atoms with Gasteiger partial charge in [0.1, 0.15) is 0 Å². The molecule has 0 aliphatic carbocycles. The summed E-state index contributed by atoms with van der Waals surface area (Å²) in [5.41, 5.74) is 0.268. The molecule has 1 N–H and O–H groups in total. The van der Waals surface area contributed by atoms with E-state index in [-0.39, 0.29) is 11.4 Å². The van der Waals surface area contributed by atoms with Gasteiger partial charge in [0.25, 0.3) is 0 Å². The van der Waals surface area contributed by atoms with Gasteiger partial charge in [0.15, 0.2) is 0 Å². The van der Waals surface area contributed by atoms with E-state index in [0.717, 1.165) is 13.1 Å². The van der Waals surface area contributed by atoms with Crippen molar-refractivity contribution in [3.8, 4) is 0 Å². The number of rotatable bonds is 0. The van der Waals surface area contributed by atoms with Crippen molar-refractivity contribution in [2.45, 2.75) is 27.2 Å². The van der Waals surface area contributed by atoms with Crippen LogP contribution >= 0.6 is 0 Å². The maximum atomic E-state index is 11.4. The second-order valence-corrected chi connectivity index (χ2v) is 4.91. The normalized spacial score (nSPS) is 27.1. The zero-order valence-electron chi connectivity index (χ0n) is 9.05. The zero-order chi connectivity index (χ0) is 10.1. The van der Waals surface area contributed by atoms with Crippen LogP contribution in [-0.4, -0.2) is 31.1 Å². The van der Waals surface area contributed by atoms with Gasteiger partial charge in [-0.3, -0.25) is 0 Å². The van der Waals surface area contributed by atoms with E-state index in [1.807, 2.05) is 4.90 Å². The highest BCUT2D eigenvalue weighted by molar-refractivity contribution is 5.73. The molecular weight excluding hydrogens is 164 g/mol. The summed E-state index contributed by atoms with van der Waals surface area (Å²) in [5.74, 6) is 0.612. The Kier molecular flexibility index (Phi) is 2.84. The van der Waals surface area contributed by atoms with Crippen LogP contribution in [0.4, 0.5) is 4.79 Å². The van der Waals surface area contributed by atoms with E-state index >= 15 is 0 Å². The van der Waals surface area contributed by atoms with Gasteiger partial charge >= 0.3 is 6.03 Å². The summed E-state index contributed by atoms with van der Waals surface area (Å²) in [6.07, 6.45) is 1.21. The number of carbonyl (C=O) groups excluding carboxylic acids is 1. The quantitative estimate of drug-likeness (QED) is 0.610. The molecule has 1 fully saturated rings. The first-order valence-corrected chi connectivity index (χ1v) is 4.91. The molecule has 0 aromatic rings. The number of hydrogen-bond donors (Lipinski definition) is 1. The smallest absolute Gasteiger partial charge is 0.317 e. The van der Waals surface area contributed by atoms with E-state index in [0.29, 0.717) is 5.92 Å². The Morgan fingerprint density at radius 2 is 2.15 bits per heavy atom. The number of nitrogens with one attached hydrogen (secondary N) is 1. The van der Waals surface area contributed by atoms with Crippen LogP contribution in [0.5, 0.6) is 0 Å². The molecule has 0 aromatic heterocycles. The molecule has 0 bridgehead atoms. The Morgan fingerprint density at radius 3 is 2.62 bits per heavy atom. The predicted molar refractivity (Wildman–Crippen MR) is 53.6 cm³/mol. The van der Waals surface area contributed by atoms with Crippen molar-refractivity contribution in [2.24, 2.45) is 11.3 Å². The van der Waals surface area contributed by atoms with Crippen molar-refractivity contribution in [2.75, 3.05) is 20.1 Å². The molecule has 1 unspecified atom stereocenters. The fraction of sp³-hybridized carbons (Fsp3) is 0.900. The summed E-state index contributed by atoms with van der Waals surface area (Å²) in [5, 5.41) is 2.68. The minimum absolute atomic E-state index is 0.0552. The molecular formula is C10H20N2O.